The summed E-state index contributed by atoms with van der Waals surface area (Å²) in [6, 6.07) is 77.8. The Morgan fingerprint density at radius 1 is 0.466 bits per heavy atom. The predicted molar refractivity (Wildman–Crippen MR) is 501 cm³/mol. The molecule has 4 aliphatic rings. The summed E-state index contributed by atoms with van der Waals surface area (Å²) in [6.07, 6.45) is 7.31. The molecule has 3 aliphatic heterocycles. The molecule has 0 aromatic heterocycles. The number of carbonyl (C=O) groups is 5. The first-order valence-electron chi connectivity index (χ1n) is 42.7. The van der Waals surface area contributed by atoms with Crippen molar-refractivity contribution in [1.29, 1.82) is 0 Å². The number of nitrogens with two attached hydrogens (primary N) is 1. The zero-order valence-electron chi connectivity index (χ0n) is 74.1. The Hall–Kier alpha value is -13.1. The fraction of sp³-hybridized carbons (Fsp3) is 0.260. The summed E-state index contributed by atoms with van der Waals surface area (Å²) >= 11 is 5.27. The van der Waals surface area contributed by atoms with E-state index in [1.165, 1.54) is 24.3 Å². The van der Waals surface area contributed by atoms with Crippen LogP contribution in [0.1, 0.15) is 132 Å². The number of ketones is 1. The first-order chi connectivity index (χ1) is 63.0. The topological polar surface area (TPSA) is 252 Å². The van der Waals surface area contributed by atoms with Gasteiger partial charge in [0.1, 0.15) is 34.5 Å². The zero-order valence-corrected chi connectivity index (χ0v) is 74.9. The van der Waals surface area contributed by atoms with Crippen LogP contribution < -0.4 is 50.4 Å². The molecule has 3 fully saturated rings. The number of amides is 3. The number of ether oxygens (including phenoxy) is 5. The Labute approximate surface area is 765 Å². The van der Waals surface area contributed by atoms with Crippen LogP contribution in [0.2, 0.25) is 0 Å². The minimum atomic E-state index is -1.40. The lowest BCUT2D eigenvalue weighted by atomic mass is 9.74. The minimum absolute atomic E-state index is 0.0241. The summed E-state index contributed by atoms with van der Waals surface area (Å²) in [5.41, 5.74) is 16.3. The molecule has 7 N–H and O–H groups in total. The molecule has 131 heavy (non-hydrogen) atoms. The Bertz CT molecular complexity index is 5740. The normalized spacial score (nSPS) is 15.3. The van der Waals surface area contributed by atoms with Crippen LogP contribution in [0.3, 0.4) is 0 Å². The molecule has 16 rings (SSSR count). The van der Waals surface area contributed by atoms with Crippen LogP contribution in [0.15, 0.2) is 273 Å². The minimum Gasteiger partial charge on any atom is -0.497 e. The van der Waals surface area contributed by atoms with Gasteiger partial charge in [-0.2, -0.15) is 0 Å². The molecule has 1 spiro atoms. The van der Waals surface area contributed by atoms with Gasteiger partial charge in [-0.05, 0) is 297 Å². The van der Waals surface area contributed by atoms with Gasteiger partial charge in [-0.3, -0.25) is 33.8 Å². The van der Waals surface area contributed by atoms with Gasteiger partial charge >= 0.3 is 7.12 Å². The van der Waals surface area contributed by atoms with Crippen molar-refractivity contribution in [3.8, 4) is 28.7 Å². The average molecular weight is 1810 g/mol. The summed E-state index contributed by atoms with van der Waals surface area (Å²) < 4.78 is 105. The van der Waals surface area contributed by atoms with Crippen LogP contribution in [0.25, 0.3) is 0 Å². The first kappa shape index (κ1) is 100. The number of anilines is 4. The highest BCUT2D eigenvalue weighted by Crippen LogP contribution is 2.43. The number of Topliss-reactive ketones (excluding diaryl/α,β-unsaturated/α-hetero) is 1. The van der Waals surface area contributed by atoms with Gasteiger partial charge in [-0.1, -0.05) is 103 Å². The average Bonchev–Trinajstić information content (AvgIpc) is 0.732. The number of halogens is 7. The smallest absolute Gasteiger partial charge is 0.488 e. The van der Waals surface area contributed by atoms with E-state index in [0.29, 0.717) is 110 Å². The summed E-state index contributed by atoms with van der Waals surface area (Å²) in [7, 11) is 6.61. The van der Waals surface area contributed by atoms with E-state index in [4.69, 9.17) is 51.1 Å². The van der Waals surface area contributed by atoms with Crippen molar-refractivity contribution in [2.75, 3.05) is 83.0 Å². The van der Waals surface area contributed by atoms with Gasteiger partial charge in [0.05, 0.1) is 46.7 Å². The molecule has 12 aromatic rings. The number of carbonyl (C=O) groups excluding carboxylic acids is 5. The molecule has 0 unspecified atom stereocenters. The number of hydrogen-bond acceptors (Lipinski definition) is 16. The third kappa shape index (κ3) is 29.7. The van der Waals surface area contributed by atoms with Gasteiger partial charge < -0.3 is 60.1 Å². The van der Waals surface area contributed by atoms with Crippen LogP contribution in [0.4, 0.5) is 49.1 Å². The van der Waals surface area contributed by atoms with E-state index in [1.807, 2.05) is 158 Å². The van der Waals surface area contributed by atoms with E-state index in [-0.39, 0.29) is 29.0 Å². The maximum absolute atomic E-state index is 13.7. The number of rotatable bonds is 20. The van der Waals surface area contributed by atoms with Crippen molar-refractivity contribution in [2.24, 2.45) is 5.92 Å². The van der Waals surface area contributed by atoms with E-state index in [1.54, 1.807) is 133 Å². The number of piperidine rings is 2. The molecule has 12 aromatic carbocycles. The quantitative estimate of drug-likeness (QED) is 0.0180. The Morgan fingerprint density at radius 2 is 0.863 bits per heavy atom. The standard InChI is InChI=1S/C28H29F2NO3.C27H26F2N2O2.C15H15NO2.C12H13F2NO.C8H7ClO.C7H9BO3.C7H9NO/c1-34-23-9-7-22(8-10-23)31-27(32)24-5-3-2-4-21(24)18-28(33)14-12-19(13-15-28)16-20-6-11-25(29)26(30)17-20;1-33-22-9-7-21(8-10-22)31-26(32)23-5-3-2-4-20(23)17-27(31)12-14-30(15-13-27)18-19-6-11-24(28)25(29)16-19;1-11-5-3-4-6-14(11)15(17)16-12-7-9-13(18-2)10-8-12;13-11-2-1-9(7-12(11)14)8-15-5-3-10(16)4-6-15;1-6-4-2-3-5-7(6)8(9)10;1-11-7-4-2-6(3-5-7)8(9)10;1-9-7-4-2-6(8)3-5-7/h2-11,17,19,33H,12-16,18H2,1H3,(H,31,32);2-11,16H,12-15,17-18H2,1H3;3-10H,1-2H3,(H,16,17);1-2,7H,3-6,8H2;2-5H,1H3;2-5,9-10H,1H3;2-5H,8H2,1H3. The zero-order chi connectivity index (χ0) is 94.2. The Kier molecular flexibility index (Phi) is 37.5. The Balaban J connectivity index is 0.000000168. The van der Waals surface area contributed by atoms with Crippen LogP contribution in [-0.2, 0) is 37.1 Å². The monoisotopic (exact) mass is 1810 g/mol. The van der Waals surface area contributed by atoms with E-state index in [9.17, 15) is 55.4 Å². The molecule has 1 aliphatic carbocycles. The van der Waals surface area contributed by atoms with Gasteiger partial charge in [-0.25, -0.2) is 26.3 Å². The van der Waals surface area contributed by atoms with Crippen LogP contribution in [0, 0.1) is 54.7 Å². The van der Waals surface area contributed by atoms with Crippen molar-refractivity contribution in [3.63, 3.8) is 0 Å². The van der Waals surface area contributed by atoms with Gasteiger partial charge in [0.2, 0.25) is 0 Å². The van der Waals surface area contributed by atoms with Crippen molar-refractivity contribution < 1.29 is 89.2 Å². The number of nitrogens with zero attached hydrogens (tertiary/aromatic N) is 3. The van der Waals surface area contributed by atoms with Crippen molar-refractivity contribution >= 4 is 75.7 Å². The number of methoxy groups -OCH3 is 5. The lowest BCUT2D eigenvalue weighted by molar-refractivity contribution is -0.121. The van der Waals surface area contributed by atoms with E-state index in [0.717, 1.165) is 136 Å². The van der Waals surface area contributed by atoms with Gasteiger partial charge in [-0.15, -0.1) is 0 Å². The van der Waals surface area contributed by atoms with E-state index >= 15 is 0 Å². The molecule has 3 heterocycles. The summed E-state index contributed by atoms with van der Waals surface area (Å²) in [5, 5.41) is 34.1. The summed E-state index contributed by atoms with van der Waals surface area (Å²) in [4.78, 5) is 66.7. The second kappa shape index (κ2) is 49.1. The molecule has 3 amide bonds. The van der Waals surface area contributed by atoms with Crippen molar-refractivity contribution in [1.82, 2.24) is 9.80 Å². The summed E-state index contributed by atoms with van der Waals surface area (Å²) in [5.74, 6) is -0.894. The summed E-state index contributed by atoms with van der Waals surface area (Å²) in [6.45, 7) is 7.85. The first-order valence-corrected chi connectivity index (χ1v) is 43.1. The molecular formula is C104H108BClF6N6O13. The number of nitrogens with one attached hydrogen (secondary N) is 2. The molecule has 27 heteroatoms. The number of benzene rings is 12. The number of fused-ring (bicyclic) bond motifs is 1. The highest BCUT2D eigenvalue weighted by Gasteiger charge is 2.47. The fourth-order valence-electron chi connectivity index (χ4n) is 15.6. The van der Waals surface area contributed by atoms with Crippen LogP contribution in [-0.4, -0.2) is 134 Å². The lowest BCUT2D eigenvalue weighted by Gasteiger charge is -2.51. The fourth-order valence-corrected chi connectivity index (χ4v) is 15.9. The largest absolute Gasteiger partial charge is 0.497 e. The molecule has 0 atom stereocenters. The van der Waals surface area contributed by atoms with E-state index in [2.05, 4.69) is 20.4 Å². The molecule has 19 nitrogen and oxygen atoms in total. The molecule has 0 bridgehead atoms. The van der Waals surface area contributed by atoms with Gasteiger partial charge in [0.15, 0.2) is 34.9 Å². The maximum atomic E-state index is 13.7. The van der Waals surface area contributed by atoms with Crippen LogP contribution in [0.5, 0.6) is 28.7 Å². The predicted octanol–water partition coefficient (Wildman–Crippen LogP) is 19.6. The number of hydrogen-bond donors (Lipinski definition) is 6. The second-order valence-corrected chi connectivity index (χ2v) is 32.5. The molecular weight excluding hydrogens is 1700 g/mol. The SMILES string of the molecule is COc1ccc(B(O)O)cc1.COc1ccc(N)cc1.COc1ccc(N2C(=O)c3ccccc3CC23CCN(Cc2ccc(F)c(F)c2)CC3)cc1.COc1ccc(NC(=O)c2ccccc2C)cc1.COc1ccc(NC(=O)c2ccccc2CC2(O)CCC(Cc3ccc(F)c(F)c3)CC2)cc1.Cc1ccccc1C(=O)Cl.O=C1CCN(Cc2ccc(F)c(F)c2)CC1. The molecule has 684 valence electrons. The number of aryl methyl sites for hydroxylation is 2. The van der Waals surface area contributed by atoms with Crippen LogP contribution >= 0.6 is 11.6 Å². The van der Waals surface area contributed by atoms with Crippen molar-refractivity contribution in [2.45, 2.75) is 109 Å². The lowest BCUT2D eigenvalue weighted by Crippen LogP contribution is -2.61. The third-order valence-electron chi connectivity index (χ3n) is 23.1. The number of nitrogen functional groups attached to an aromatic ring is 1. The highest BCUT2D eigenvalue weighted by molar-refractivity contribution is 6.68. The van der Waals surface area contributed by atoms with Gasteiger partial charge in [0, 0.05) is 104 Å². The maximum Gasteiger partial charge on any atom is 0.488 e. The van der Waals surface area contributed by atoms with Crippen molar-refractivity contribution in [3.05, 3.63) is 369 Å². The molecule has 0 radical (unpaired) electrons. The number of aliphatic hydroxyl groups is 1. The second-order valence-electron chi connectivity index (χ2n) is 32.1. The Morgan fingerprint density at radius 3 is 1.31 bits per heavy atom. The number of likely N-dealkylation sites (tertiary alicyclic amines) is 2. The molecule has 2 saturated heterocycles. The molecule has 1 saturated carbocycles. The van der Waals surface area contributed by atoms with E-state index < -0.39 is 52.9 Å². The van der Waals surface area contributed by atoms with Gasteiger partial charge in [0.25, 0.3) is 23.0 Å². The highest BCUT2D eigenvalue weighted by atomic mass is 35.5. The third-order valence-corrected chi connectivity index (χ3v) is 23.3.